The Balaban J connectivity index is 1.17. The minimum Gasteiger partial charge on any atom is -0.482 e. The van der Waals surface area contributed by atoms with E-state index in [2.05, 4.69) is 31.0 Å². The molecule has 4 aliphatic rings. The molecular formula is C27H29N7O6. The molecule has 2 bridgehead atoms. The molecule has 3 heterocycles. The standard InChI is InChI=1S/C27H29N7O6/c1-15(26-4-7-27(8-5-26,9-6-26)24(38)39)31-23(37)19-11-18(33-25-29-14-30-34(19)25)22(36)28-12-16-2-3-20-17(10-16)32-21(35)13-40-20/h2-3,10-11,14-15H,4-9,12-13H2,1H3,(H,28,36)(H,31,37)(H,32,35)(H,38,39). The second-order valence-electron chi connectivity index (χ2n) is 11.0. The Labute approximate surface area is 228 Å². The number of amides is 3. The zero-order valence-corrected chi connectivity index (χ0v) is 21.9. The third-order valence-corrected chi connectivity index (χ3v) is 8.87. The van der Waals surface area contributed by atoms with E-state index in [0.717, 1.165) is 24.8 Å². The van der Waals surface area contributed by atoms with Crippen LogP contribution in [-0.4, -0.2) is 61.0 Å². The van der Waals surface area contributed by atoms with Crippen molar-refractivity contribution in [1.29, 1.82) is 0 Å². The van der Waals surface area contributed by atoms with E-state index >= 15 is 0 Å². The molecule has 4 N–H and O–H groups in total. The van der Waals surface area contributed by atoms with Gasteiger partial charge in [-0.25, -0.2) is 4.98 Å². The number of hydrogen-bond acceptors (Lipinski definition) is 8. The van der Waals surface area contributed by atoms with Crippen molar-refractivity contribution in [3.63, 3.8) is 0 Å². The molecule has 3 aromatic rings. The maximum atomic E-state index is 13.5. The van der Waals surface area contributed by atoms with Crippen molar-refractivity contribution in [2.45, 2.75) is 58.0 Å². The number of nitrogens with zero attached hydrogens (tertiary/aromatic N) is 4. The third-order valence-electron chi connectivity index (χ3n) is 8.87. The van der Waals surface area contributed by atoms with Crippen LogP contribution in [0, 0.1) is 10.8 Å². The Morgan fingerprint density at radius 3 is 2.60 bits per heavy atom. The van der Waals surface area contributed by atoms with E-state index in [1.54, 1.807) is 18.2 Å². The zero-order valence-electron chi connectivity index (χ0n) is 21.9. The molecule has 2 aromatic heterocycles. The van der Waals surface area contributed by atoms with Crippen molar-refractivity contribution in [1.82, 2.24) is 30.2 Å². The van der Waals surface area contributed by atoms with Crippen LogP contribution >= 0.6 is 0 Å². The van der Waals surface area contributed by atoms with Crippen LogP contribution in [0.25, 0.3) is 5.78 Å². The van der Waals surface area contributed by atoms with Gasteiger partial charge in [0.2, 0.25) is 0 Å². The molecule has 0 saturated heterocycles. The van der Waals surface area contributed by atoms with Crippen LogP contribution in [0.2, 0.25) is 0 Å². The first-order valence-electron chi connectivity index (χ1n) is 13.3. The van der Waals surface area contributed by atoms with Gasteiger partial charge in [-0.05, 0) is 68.6 Å². The number of benzene rings is 1. The number of carbonyl (C=O) groups is 4. The average molecular weight is 548 g/mol. The summed E-state index contributed by atoms with van der Waals surface area (Å²) >= 11 is 0. The molecule has 7 rings (SSSR count). The normalized spacial score (nSPS) is 24.0. The number of nitrogens with one attached hydrogen (secondary N) is 3. The van der Waals surface area contributed by atoms with Gasteiger partial charge in [0.1, 0.15) is 23.5 Å². The molecule has 3 amide bonds. The van der Waals surface area contributed by atoms with Crippen molar-refractivity contribution in [2.24, 2.45) is 10.8 Å². The summed E-state index contributed by atoms with van der Waals surface area (Å²) in [7, 11) is 0. The van der Waals surface area contributed by atoms with Gasteiger partial charge in [-0.1, -0.05) is 6.07 Å². The lowest BCUT2D eigenvalue weighted by molar-refractivity contribution is -0.159. The van der Waals surface area contributed by atoms with E-state index < -0.39 is 23.2 Å². The van der Waals surface area contributed by atoms with Crippen LogP contribution in [0.4, 0.5) is 5.69 Å². The first kappa shape index (κ1) is 25.7. The van der Waals surface area contributed by atoms with Gasteiger partial charge < -0.3 is 25.8 Å². The summed E-state index contributed by atoms with van der Waals surface area (Å²) in [6, 6.07) is 6.40. The highest BCUT2D eigenvalue weighted by atomic mass is 16.5. The van der Waals surface area contributed by atoms with E-state index in [1.807, 2.05) is 6.92 Å². The fourth-order valence-corrected chi connectivity index (χ4v) is 6.21. The number of ether oxygens (including phenoxy) is 1. The van der Waals surface area contributed by atoms with Gasteiger partial charge in [0.05, 0.1) is 11.1 Å². The Kier molecular flexibility index (Phi) is 6.15. The molecule has 40 heavy (non-hydrogen) atoms. The highest BCUT2D eigenvalue weighted by Gasteiger charge is 2.54. The van der Waals surface area contributed by atoms with Gasteiger partial charge in [-0.2, -0.15) is 14.6 Å². The zero-order chi connectivity index (χ0) is 28.1. The largest absolute Gasteiger partial charge is 0.482 e. The van der Waals surface area contributed by atoms with Crippen LogP contribution in [0.15, 0.2) is 30.6 Å². The SMILES string of the molecule is CC(NC(=O)c1cc(C(=O)NCc2ccc3c(c2)NC(=O)CO3)nc2ncnn12)C12CCC(C(=O)O)(CC1)CC2. The lowest BCUT2D eigenvalue weighted by atomic mass is 9.52. The van der Waals surface area contributed by atoms with E-state index in [9.17, 15) is 24.3 Å². The molecule has 13 heteroatoms. The summed E-state index contributed by atoms with van der Waals surface area (Å²) in [5.41, 5.74) is 0.597. The van der Waals surface area contributed by atoms with Gasteiger partial charge in [-0.3, -0.25) is 19.2 Å². The van der Waals surface area contributed by atoms with Crippen LogP contribution < -0.4 is 20.7 Å². The van der Waals surface area contributed by atoms with Crippen LogP contribution in [0.1, 0.15) is 72.0 Å². The summed E-state index contributed by atoms with van der Waals surface area (Å²) in [5.74, 6) is -1.23. The van der Waals surface area contributed by atoms with Crippen molar-refractivity contribution in [3.8, 4) is 5.75 Å². The summed E-state index contributed by atoms with van der Waals surface area (Å²) in [6.07, 6.45) is 5.31. The molecule has 1 unspecified atom stereocenters. The van der Waals surface area contributed by atoms with Crippen molar-refractivity contribution in [2.75, 3.05) is 11.9 Å². The lowest BCUT2D eigenvalue weighted by Gasteiger charge is -2.54. The Morgan fingerprint density at radius 1 is 1.12 bits per heavy atom. The van der Waals surface area contributed by atoms with E-state index in [-0.39, 0.29) is 47.7 Å². The number of carboxylic acids is 1. The fourth-order valence-electron chi connectivity index (χ4n) is 6.21. The maximum absolute atomic E-state index is 13.5. The van der Waals surface area contributed by atoms with E-state index in [4.69, 9.17) is 4.74 Å². The molecular weight excluding hydrogens is 518 g/mol. The number of carboxylic acid groups (broad SMARTS) is 1. The summed E-state index contributed by atoms with van der Waals surface area (Å²) in [6.45, 7) is 2.07. The van der Waals surface area contributed by atoms with Crippen LogP contribution in [-0.2, 0) is 16.1 Å². The molecule has 3 aliphatic carbocycles. The highest BCUT2D eigenvalue weighted by Crippen LogP contribution is 2.58. The van der Waals surface area contributed by atoms with Crippen molar-refractivity contribution >= 4 is 35.2 Å². The summed E-state index contributed by atoms with van der Waals surface area (Å²) in [5, 5.41) is 22.4. The van der Waals surface area contributed by atoms with Gasteiger partial charge >= 0.3 is 5.97 Å². The quantitative estimate of drug-likeness (QED) is 0.344. The van der Waals surface area contributed by atoms with E-state index in [1.165, 1.54) is 16.9 Å². The first-order chi connectivity index (χ1) is 19.2. The molecule has 1 aliphatic heterocycles. The third kappa shape index (κ3) is 4.40. The molecule has 3 saturated carbocycles. The predicted octanol–water partition coefficient (Wildman–Crippen LogP) is 1.93. The van der Waals surface area contributed by atoms with Crippen molar-refractivity contribution < 1.29 is 29.0 Å². The molecule has 3 fully saturated rings. The minimum atomic E-state index is -0.721. The van der Waals surface area contributed by atoms with E-state index in [0.29, 0.717) is 30.7 Å². The Hall–Kier alpha value is -4.55. The van der Waals surface area contributed by atoms with Crippen molar-refractivity contribution in [3.05, 3.63) is 47.5 Å². The number of aromatic nitrogens is 4. The van der Waals surface area contributed by atoms with Crippen LogP contribution in [0.5, 0.6) is 5.75 Å². The number of rotatable bonds is 7. The average Bonchev–Trinajstić information content (AvgIpc) is 3.45. The van der Waals surface area contributed by atoms with Gasteiger partial charge in [-0.15, -0.1) is 0 Å². The Morgan fingerprint density at radius 2 is 1.88 bits per heavy atom. The smallest absolute Gasteiger partial charge is 0.309 e. The second-order valence-corrected chi connectivity index (χ2v) is 11.0. The Bertz CT molecular complexity index is 1520. The molecule has 13 nitrogen and oxygen atoms in total. The maximum Gasteiger partial charge on any atom is 0.309 e. The number of hydrogen-bond donors (Lipinski definition) is 4. The molecule has 1 atom stereocenters. The van der Waals surface area contributed by atoms with Gasteiger partial charge in [0.25, 0.3) is 23.5 Å². The molecule has 0 spiro atoms. The molecule has 1 aromatic carbocycles. The fraction of sp³-hybridized carbons (Fsp3) is 0.444. The summed E-state index contributed by atoms with van der Waals surface area (Å²) in [4.78, 5) is 58.3. The number of fused-ring (bicyclic) bond motifs is 5. The van der Waals surface area contributed by atoms with Crippen LogP contribution in [0.3, 0.4) is 0 Å². The second kappa shape index (κ2) is 9.57. The number of aliphatic carboxylic acids is 1. The number of carbonyl (C=O) groups excluding carboxylic acids is 3. The topological polar surface area (TPSA) is 177 Å². The van der Waals surface area contributed by atoms with Gasteiger partial charge in [0, 0.05) is 18.7 Å². The molecule has 0 radical (unpaired) electrons. The predicted molar refractivity (Wildman–Crippen MR) is 140 cm³/mol. The number of anilines is 1. The molecule has 208 valence electrons. The first-order valence-corrected chi connectivity index (χ1v) is 13.3. The summed E-state index contributed by atoms with van der Waals surface area (Å²) < 4.78 is 6.66. The monoisotopic (exact) mass is 547 g/mol. The minimum absolute atomic E-state index is 0.00707. The lowest BCUT2D eigenvalue weighted by Crippen LogP contribution is -2.54. The van der Waals surface area contributed by atoms with Gasteiger partial charge in [0.15, 0.2) is 6.61 Å². The highest BCUT2D eigenvalue weighted by molar-refractivity contribution is 5.98.